The molecular formula is C26H27ClN2O6. The van der Waals surface area contributed by atoms with Crippen LogP contribution in [0.4, 0.5) is 0 Å². The lowest BCUT2D eigenvalue weighted by atomic mass is 9.93. The van der Waals surface area contributed by atoms with E-state index in [0.717, 1.165) is 22.2 Å². The number of aliphatic hydroxyl groups excluding tert-OH is 1. The number of aliphatic hydroxyl groups is 1. The van der Waals surface area contributed by atoms with E-state index in [9.17, 15) is 14.7 Å². The highest BCUT2D eigenvalue weighted by Crippen LogP contribution is 2.45. The van der Waals surface area contributed by atoms with E-state index in [1.165, 1.54) is 31.3 Å². The van der Waals surface area contributed by atoms with Crippen molar-refractivity contribution in [1.29, 1.82) is 0 Å². The van der Waals surface area contributed by atoms with Crippen LogP contribution >= 0.6 is 11.6 Å². The Labute approximate surface area is 208 Å². The first kappa shape index (κ1) is 24.6. The van der Waals surface area contributed by atoms with Crippen molar-refractivity contribution < 1.29 is 28.9 Å². The van der Waals surface area contributed by atoms with Gasteiger partial charge in [-0.3, -0.25) is 9.59 Å². The maximum absolute atomic E-state index is 13.4. The molecule has 0 radical (unpaired) electrons. The van der Waals surface area contributed by atoms with Gasteiger partial charge in [-0.2, -0.15) is 0 Å². The van der Waals surface area contributed by atoms with Gasteiger partial charge in [0, 0.05) is 48.5 Å². The third-order valence-electron chi connectivity index (χ3n) is 6.23. The summed E-state index contributed by atoms with van der Waals surface area (Å²) < 4.78 is 15.9. The molecule has 0 saturated carbocycles. The first-order chi connectivity index (χ1) is 16.8. The number of H-pyrrole nitrogens is 1. The number of rotatable bonds is 8. The molecule has 1 atom stereocenters. The second-order valence-electron chi connectivity index (χ2n) is 8.24. The molecule has 1 saturated heterocycles. The number of amides is 1. The summed E-state index contributed by atoms with van der Waals surface area (Å²) in [5.74, 6) is -1.22. The number of ketones is 1. The summed E-state index contributed by atoms with van der Waals surface area (Å²) in [5, 5.41) is 12.6. The van der Waals surface area contributed by atoms with Crippen molar-refractivity contribution >= 4 is 40.0 Å². The predicted molar refractivity (Wildman–Crippen MR) is 133 cm³/mol. The maximum atomic E-state index is 13.4. The van der Waals surface area contributed by atoms with E-state index in [4.69, 9.17) is 25.8 Å². The molecule has 1 amide bonds. The number of hydrogen-bond acceptors (Lipinski definition) is 6. The molecule has 0 bridgehead atoms. The number of ether oxygens (including phenoxy) is 3. The first-order valence-corrected chi connectivity index (χ1v) is 11.5. The van der Waals surface area contributed by atoms with Gasteiger partial charge in [-0.1, -0.05) is 29.8 Å². The molecule has 0 spiro atoms. The number of benzene rings is 2. The summed E-state index contributed by atoms with van der Waals surface area (Å²) in [5.41, 5.74) is 2.57. The number of likely N-dealkylation sites (tertiary alicyclic amines) is 1. The fourth-order valence-corrected chi connectivity index (χ4v) is 4.87. The van der Waals surface area contributed by atoms with Crippen LogP contribution in [-0.2, 0) is 14.3 Å². The Morgan fingerprint density at radius 1 is 1.11 bits per heavy atom. The van der Waals surface area contributed by atoms with E-state index in [1.54, 1.807) is 7.11 Å². The van der Waals surface area contributed by atoms with E-state index in [2.05, 4.69) is 4.98 Å². The molecule has 4 rings (SSSR count). The van der Waals surface area contributed by atoms with Crippen molar-refractivity contribution in [2.24, 2.45) is 0 Å². The Kier molecular flexibility index (Phi) is 7.05. The number of fused-ring (bicyclic) bond motifs is 1. The van der Waals surface area contributed by atoms with E-state index >= 15 is 0 Å². The van der Waals surface area contributed by atoms with Gasteiger partial charge in [0.05, 0.1) is 36.4 Å². The monoisotopic (exact) mass is 498 g/mol. The number of methoxy groups -OCH3 is 3. The zero-order chi connectivity index (χ0) is 25.3. The van der Waals surface area contributed by atoms with Crippen molar-refractivity contribution in [2.45, 2.75) is 19.4 Å². The Balaban J connectivity index is 1.98. The van der Waals surface area contributed by atoms with Crippen molar-refractivity contribution in [1.82, 2.24) is 9.88 Å². The average molecular weight is 499 g/mol. The van der Waals surface area contributed by atoms with Gasteiger partial charge in [0.1, 0.15) is 17.3 Å². The molecular weight excluding hydrogens is 472 g/mol. The molecule has 2 N–H and O–H groups in total. The van der Waals surface area contributed by atoms with Gasteiger partial charge in [0.15, 0.2) is 0 Å². The minimum absolute atomic E-state index is 0.0280. The summed E-state index contributed by atoms with van der Waals surface area (Å²) in [6.45, 7) is 2.58. The molecule has 8 nitrogen and oxygen atoms in total. The summed E-state index contributed by atoms with van der Waals surface area (Å²) in [7, 11) is 4.48. The fraction of sp³-hybridized carbons (Fsp3) is 0.308. The van der Waals surface area contributed by atoms with Crippen LogP contribution in [0.3, 0.4) is 0 Å². The van der Waals surface area contributed by atoms with Crippen LogP contribution < -0.4 is 9.47 Å². The number of nitrogens with one attached hydrogen (secondary N) is 1. The minimum Gasteiger partial charge on any atom is -0.507 e. The van der Waals surface area contributed by atoms with Gasteiger partial charge in [-0.25, -0.2) is 0 Å². The summed E-state index contributed by atoms with van der Waals surface area (Å²) >= 11 is 6.33. The highest BCUT2D eigenvalue weighted by Gasteiger charge is 2.47. The van der Waals surface area contributed by atoms with Crippen LogP contribution in [0.15, 0.2) is 42.0 Å². The zero-order valence-electron chi connectivity index (χ0n) is 20.0. The Morgan fingerprint density at radius 3 is 2.51 bits per heavy atom. The number of Topliss-reactive ketones (excluding diaryl/α,β-unsaturated/α-hetero) is 1. The number of carbonyl (C=O) groups excluding carboxylic acids is 2. The molecule has 3 aromatic rings. The van der Waals surface area contributed by atoms with Gasteiger partial charge in [-0.05, 0) is 25.5 Å². The number of aromatic nitrogens is 1. The van der Waals surface area contributed by atoms with Crippen LogP contribution in [0.25, 0.3) is 16.7 Å². The minimum atomic E-state index is -0.811. The van der Waals surface area contributed by atoms with E-state index in [-0.39, 0.29) is 34.2 Å². The summed E-state index contributed by atoms with van der Waals surface area (Å²) in [6.07, 6.45) is 0.527. The molecule has 184 valence electrons. The van der Waals surface area contributed by atoms with E-state index in [1.807, 2.05) is 31.2 Å². The molecule has 1 aliphatic heterocycles. The average Bonchev–Trinajstić information content (AvgIpc) is 3.31. The largest absolute Gasteiger partial charge is 0.507 e. The fourth-order valence-electron chi connectivity index (χ4n) is 4.63. The van der Waals surface area contributed by atoms with Crippen LogP contribution in [0, 0.1) is 6.92 Å². The van der Waals surface area contributed by atoms with Crippen molar-refractivity contribution in [3.63, 3.8) is 0 Å². The number of halogens is 1. The third-order valence-corrected chi connectivity index (χ3v) is 6.53. The maximum Gasteiger partial charge on any atom is 0.295 e. The van der Waals surface area contributed by atoms with Gasteiger partial charge >= 0.3 is 0 Å². The van der Waals surface area contributed by atoms with Crippen LogP contribution in [0.2, 0.25) is 5.02 Å². The topological polar surface area (TPSA) is 101 Å². The lowest BCUT2D eigenvalue weighted by Gasteiger charge is -2.26. The number of carbonyl (C=O) groups is 2. The Hall–Kier alpha value is -3.49. The molecule has 35 heavy (non-hydrogen) atoms. The molecule has 1 aliphatic rings. The van der Waals surface area contributed by atoms with Gasteiger partial charge in [0.25, 0.3) is 11.7 Å². The highest BCUT2D eigenvalue weighted by atomic mass is 35.5. The molecule has 0 aliphatic carbocycles. The number of para-hydroxylation sites is 1. The quantitative estimate of drug-likeness (QED) is 0.204. The molecule has 1 aromatic heterocycles. The molecule has 1 fully saturated rings. The van der Waals surface area contributed by atoms with Crippen molar-refractivity contribution in [3.8, 4) is 11.5 Å². The second kappa shape index (κ2) is 10.0. The second-order valence-corrected chi connectivity index (χ2v) is 8.64. The normalized spacial score (nSPS) is 17.4. The van der Waals surface area contributed by atoms with Gasteiger partial charge in [-0.15, -0.1) is 0 Å². The number of aryl methyl sites for hydroxylation is 1. The van der Waals surface area contributed by atoms with Crippen LogP contribution in [0.5, 0.6) is 11.5 Å². The molecule has 2 heterocycles. The van der Waals surface area contributed by atoms with E-state index < -0.39 is 17.7 Å². The Morgan fingerprint density at radius 2 is 1.83 bits per heavy atom. The predicted octanol–water partition coefficient (Wildman–Crippen LogP) is 4.61. The highest BCUT2D eigenvalue weighted by molar-refractivity contribution is 6.47. The standard InChI is InChI=1S/C26H27ClN2O6/c1-14-21(15-8-5-6-9-18(15)28-14)23-22(25(31)26(32)29(23)10-7-11-33-2)24(30)16-12-17(27)20(35-4)13-19(16)34-3/h5-6,8-9,12-13,23,28,30H,7,10-11H2,1-4H3/b24-22+. The third kappa shape index (κ3) is 4.24. The number of nitrogens with zero attached hydrogens (tertiary/aromatic N) is 1. The molecule has 1 unspecified atom stereocenters. The molecule has 2 aromatic carbocycles. The van der Waals surface area contributed by atoms with Crippen molar-refractivity contribution in [2.75, 3.05) is 34.5 Å². The van der Waals surface area contributed by atoms with Gasteiger partial charge < -0.3 is 29.2 Å². The smallest absolute Gasteiger partial charge is 0.295 e. The number of aromatic amines is 1. The summed E-state index contributed by atoms with van der Waals surface area (Å²) in [4.78, 5) is 31.4. The Bertz CT molecular complexity index is 1330. The van der Waals surface area contributed by atoms with Crippen LogP contribution in [-0.4, -0.2) is 61.2 Å². The zero-order valence-corrected chi connectivity index (χ0v) is 20.7. The van der Waals surface area contributed by atoms with E-state index in [0.29, 0.717) is 18.8 Å². The lowest BCUT2D eigenvalue weighted by molar-refractivity contribution is -0.140. The SMILES string of the molecule is COCCCN1C(=O)C(=O)/C(=C(/O)c2cc(Cl)c(OC)cc2OC)C1c1c(C)[nH]c2ccccc12. The van der Waals surface area contributed by atoms with Gasteiger partial charge in [0.2, 0.25) is 0 Å². The lowest BCUT2D eigenvalue weighted by Crippen LogP contribution is -2.31. The molecule has 9 heteroatoms. The summed E-state index contributed by atoms with van der Waals surface area (Å²) in [6, 6.07) is 9.83. The first-order valence-electron chi connectivity index (χ1n) is 11.1. The van der Waals surface area contributed by atoms with Crippen LogP contribution in [0.1, 0.15) is 29.3 Å². The number of hydrogen-bond donors (Lipinski definition) is 2. The van der Waals surface area contributed by atoms with Crippen molar-refractivity contribution in [3.05, 3.63) is 63.8 Å².